The van der Waals surface area contributed by atoms with Crippen molar-refractivity contribution in [2.24, 2.45) is 0 Å². The maximum absolute atomic E-state index is 14.2. The minimum Gasteiger partial charge on any atom is -0.497 e. The van der Waals surface area contributed by atoms with Crippen molar-refractivity contribution in [2.75, 3.05) is 31.6 Å². The van der Waals surface area contributed by atoms with Crippen LogP contribution in [0.1, 0.15) is 32.1 Å². The summed E-state index contributed by atoms with van der Waals surface area (Å²) in [5, 5.41) is 3.71. The molecule has 1 spiro atoms. The first kappa shape index (κ1) is 13.7. The Morgan fingerprint density at radius 3 is 2.80 bits per heavy atom. The number of benzene rings is 1. The summed E-state index contributed by atoms with van der Waals surface area (Å²) in [7, 11) is 1.62. The minimum absolute atomic E-state index is 0.152. The molecule has 1 aliphatic heterocycles. The Morgan fingerprint density at radius 1 is 1.25 bits per heavy atom. The standard InChI is InChI=1S/C16H23FN2O/c1-20-13-5-6-14(17)15(11-13)19-10-4-9-18-16(12-19)7-2-3-8-16/h5-6,11,18H,2-4,7-10,12H2,1H3. The maximum atomic E-state index is 14.2. The van der Waals surface area contributed by atoms with Crippen LogP contribution in [0, 0.1) is 5.82 Å². The summed E-state index contributed by atoms with van der Waals surface area (Å²) in [6.07, 6.45) is 6.02. The molecule has 0 bridgehead atoms. The van der Waals surface area contributed by atoms with E-state index < -0.39 is 0 Å². The summed E-state index contributed by atoms with van der Waals surface area (Å²) in [6, 6.07) is 5.01. The highest BCUT2D eigenvalue weighted by molar-refractivity contribution is 5.52. The predicted octanol–water partition coefficient (Wildman–Crippen LogP) is 2.95. The van der Waals surface area contributed by atoms with Crippen LogP contribution in [0.25, 0.3) is 0 Å². The number of hydrogen-bond donors (Lipinski definition) is 1. The van der Waals surface area contributed by atoms with Gasteiger partial charge < -0.3 is 15.0 Å². The largest absolute Gasteiger partial charge is 0.497 e. The molecular weight excluding hydrogens is 255 g/mol. The van der Waals surface area contributed by atoms with Gasteiger partial charge in [0.05, 0.1) is 12.8 Å². The second-order valence-corrected chi connectivity index (χ2v) is 6.01. The SMILES string of the molecule is COc1ccc(F)c(N2CCCNC3(CCCC3)C2)c1. The maximum Gasteiger partial charge on any atom is 0.146 e. The minimum atomic E-state index is -0.152. The normalized spacial score (nSPS) is 22.0. The lowest BCUT2D eigenvalue weighted by Gasteiger charge is -2.34. The second kappa shape index (κ2) is 5.60. The van der Waals surface area contributed by atoms with Crippen molar-refractivity contribution in [3.8, 4) is 5.75 Å². The van der Waals surface area contributed by atoms with Crippen molar-refractivity contribution >= 4 is 5.69 Å². The molecule has 1 N–H and O–H groups in total. The van der Waals surface area contributed by atoms with Crippen LogP contribution in [0.2, 0.25) is 0 Å². The van der Waals surface area contributed by atoms with Gasteiger partial charge in [-0.1, -0.05) is 12.8 Å². The molecule has 1 saturated carbocycles. The summed E-state index contributed by atoms with van der Waals surface area (Å²) < 4.78 is 19.4. The monoisotopic (exact) mass is 278 g/mol. The molecule has 20 heavy (non-hydrogen) atoms. The lowest BCUT2D eigenvalue weighted by molar-refractivity contribution is 0.353. The van der Waals surface area contributed by atoms with E-state index in [4.69, 9.17) is 4.74 Å². The van der Waals surface area contributed by atoms with E-state index in [0.29, 0.717) is 5.69 Å². The molecular formula is C16H23FN2O. The zero-order chi connectivity index (χ0) is 14.0. The van der Waals surface area contributed by atoms with Crippen LogP contribution in [0.15, 0.2) is 18.2 Å². The molecule has 4 heteroatoms. The molecule has 110 valence electrons. The van der Waals surface area contributed by atoms with Gasteiger partial charge in [0.25, 0.3) is 0 Å². The number of anilines is 1. The van der Waals surface area contributed by atoms with E-state index in [-0.39, 0.29) is 11.4 Å². The molecule has 2 aliphatic rings. The summed E-state index contributed by atoms with van der Waals surface area (Å²) in [6.45, 7) is 2.83. The van der Waals surface area contributed by atoms with E-state index in [9.17, 15) is 4.39 Å². The number of rotatable bonds is 2. The molecule has 1 aromatic carbocycles. The van der Waals surface area contributed by atoms with Crippen LogP contribution in [0.5, 0.6) is 5.75 Å². The van der Waals surface area contributed by atoms with Gasteiger partial charge in [-0.2, -0.15) is 0 Å². The second-order valence-electron chi connectivity index (χ2n) is 6.01. The van der Waals surface area contributed by atoms with Gasteiger partial charge in [-0.25, -0.2) is 4.39 Å². The van der Waals surface area contributed by atoms with E-state index >= 15 is 0 Å². The van der Waals surface area contributed by atoms with E-state index in [2.05, 4.69) is 10.2 Å². The van der Waals surface area contributed by atoms with Gasteiger partial charge in [0.2, 0.25) is 0 Å². The lowest BCUT2D eigenvalue weighted by Crippen LogP contribution is -2.49. The first-order chi connectivity index (χ1) is 9.72. The average molecular weight is 278 g/mol. The third-order valence-electron chi connectivity index (χ3n) is 4.65. The number of halogens is 1. The zero-order valence-electron chi connectivity index (χ0n) is 12.1. The molecule has 3 rings (SSSR count). The number of nitrogens with one attached hydrogen (secondary N) is 1. The van der Waals surface area contributed by atoms with Gasteiger partial charge in [-0.3, -0.25) is 0 Å². The molecule has 1 aliphatic carbocycles. The highest BCUT2D eigenvalue weighted by Gasteiger charge is 2.37. The predicted molar refractivity (Wildman–Crippen MR) is 79.0 cm³/mol. The third kappa shape index (κ3) is 2.62. The summed E-state index contributed by atoms with van der Waals surface area (Å²) in [5.74, 6) is 0.569. The summed E-state index contributed by atoms with van der Waals surface area (Å²) >= 11 is 0. The Bertz CT molecular complexity index is 472. The fraction of sp³-hybridized carbons (Fsp3) is 0.625. The van der Waals surface area contributed by atoms with E-state index in [1.165, 1.54) is 31.7 Å². The first-order valence-electron chi connectivity index (χ1n) is 7.56. The fourth-order valence-electron chi connectivity index (χ4n) is 3.58. The van der Waals surface area contributed by atoms with Crippen LogP contribution in [-0.2, 0) is 0 Å². The fourth-order valence-corrected chi connectivity index (χ4v) is 3.58. The number of hydrogen-bond acceptors (Lipinski definition) is 3. The van der Waals surface area contributed by atoms with E-state index in [0.717, 1.165) is 31.8 Å². The Labute approximate surface area is 120 Å². The molecule has 1 aromatic rings. The van der Waals surface area contributed by atoms with Crippen LogP contribution < -0.4 is 15.0 Å². The van der Waals surface area contributed by atoms with E-state index in [1.54, 1.807) is 13.2 Å². The van der Waals surface area contributed by atoms with Crippen LogP contribution in [0.4, 0.5) is 10.1 Å². The van der Waals surface area contributed by atoms with Crippen LogP contribution in [0.3, 0.4) is 0 Å². The van der Waals surface area contributed by atoms with Gasteiger partial charge in [0, 0.05) is 24.7 Å². The van der Waals surface area contributed by atoms with Gasteiger partial charge in [0.15, 0.2) is 0 Å². The van der Waals surface area contributed by atoms with Crippen molar-refractivity contribution in [3.05, 3.63) is 24.0 Å². The smallest absolute Gasteiger partial charge is 0.146 e. The lowest BCUT2D eigenvalue weighted by atomic mass is 9.97. The van der Waals surface area contributed by atoms with Crippen molar-refractivity contribution in [1.29, 1.82) is 0 Å². The topological polar surface area (TPSA) is 24.5 Å². The molecule has 0 atom stereocenters. The summed E-state index contributed by atoms with van der Waals surface area (Å²) in [5.41, 5.74) is 0.866. The Kier molecular flexibility index (Phi) is 3.83. The van der Waals surface area contributed by atoms with Crippen molar-refractivity contribution in [3.63, 3.8) is 0 Å². The van der Waals surface area contributed by atoms with Gasteiger partial charge in [-0.15, -0.1) is 0 Å². The molecule has 0 amide bonds. The zero-order valence-corrected chi connectivity index (χ0v) is 12.1. The molecule has 1 saturated heterocycles. The van der Waals surface area contributed by atoms with E-state index in [1.807, 2.05) is 6.07 Å². The van der Waals surface area contributed by atoms with Crippen molar-refractivity contribution in [1.82, 2.24) is 5.32 Å². The Hall–Kier alpha value is -1.29. The first-order valence-corrected chi connectivity index (χ1v) is 7.56. The average Bonchev–Trinajstić information content (AvgIpc) is 2.81. The summed E-state index contributed by atoms with van der Waals surface area (Å²) in [4.78, 5) is 2.20. The van der Waals surface area contributed by atoms with Gasteiger partial charge >= 0.3 is 0 Å². The number of ether oxygens (including phenoxy) is 1. The van der Waals surface area contributed by atoms with Crippen molar-refractivity contribution in [2.45, 2.75) is 37.6 Å². The molecule has 1 heterocycles. The molecule has 0 unspecified atom stereocenters. The number of nitrogens with zero attached hydrogens (tertiary/aromatic N) is 1. The van der Waals surface area contributed by atoms with Gasteiger partial charge in [0.1, 0.15) is 11.6 Å². The number of methoxy groups -OCH3 is 1. The highest BCUT2D eigenvalue weighted by atomic mass is 19.1. The van der Waals surface area contributed by atoms with Gasteiger partial charge in [-0.05, 0) is 37.9 Å². The van der Waals surface area contributed by atoms with Crippen LogP contribution >= 0.6 is 0 Å². The molecule has 0 aromatic heterocycles. The van der Waals surface area contributed by atoms with Crippen molar-refractivity contribution < 1.29 is 9.13 Å². The third-order valence-corrected chi connectivity index (χ3v) is 4.65. The Balaban J connectivity index is 1.87. The van der Waals surface area contributed by atoms with Crippen LogP contribution in [-0.4, -0.2) is 32.3 Å². The highest BCUT2D eigenvalue weighted by Crippen LogP contribution is 2.34. The quantitative estimate of drug-likeness (QED) is 0.900. The Morgan fingerprint density at radius 2 is 2.05 bits per heavy atom. The molecule has 3 nitrogen and oxygen atoms in total. The molecule has 0 radical (unpaired) electrons. The molecule has 2 fully saturated rings.